The molecule has 4 nitrogen and oxygen atoms in total. The topological polar surface area (TPSA) is 57.8 Å². The fraction of sp³-hybridized carbons (Fsp3) is 0.0667. The Bertz CT molecular complexity index is 766. The van der Waals surface area contributed by atoms with E-state index >= 15 is 0 Å². The largest absolute Gasteiger partial charge is 0.324 e. The van der Waals surface area contributed by atoms with Crippen LogP contribution in [0.2, 0.25) is 5.02 Å². The van der Waals surface area contributed by atoms with E-state index in [-0.39, 0.29) is 12.3 Å². The monoisotopic (exact) mass is 285 g/mol. The van der Waals surface area contributed by atoms with Crippen LogP contribution in [0.3, 0.4) is 0 Å². The summed E-state index contributed by atoms with van der Waals surface area (Å²) in [4.78, 5) is 12.1. The number of carbonyl (C=O) groups is 1. The Morgan fingerprint density at radius 3 is 2.95 bits per heavy atom. The number of nitrogens with zero attached hydrogens (tertiary/aromatic N) is 1. The van der Waals surface area contributed by atoms with E-state index in [1.54, 1.807) is 18.3 Å². The molecule has 0 spiro atoms. The molecule has 0 saturated heterocycles. The maximum Gasteiger partial charge on any atom is 0.228 e. The Morgan fingerprint density at radius 2 is 2.10 bits per heavy atom. The summed E-state index contributed by atoms with van der Waals surface area (Å²) in [5.74, 6) is -0.0885. The Labute approximate surface area is 120 Å². The number of rotatable bonds is 3. The second kappa shape index (κ2) is 5.35. The Balaban J connectivity index is 1.77. The van der Waals surface area contributed by atoms with E-state index in [1.165, 1.54) is 0 Å². The molecule has 100 valence electrons. The number of amides is 1. The van der Waals surface area contributed by atoms with Gasteiger partial charge >= 0.3 is 0 Å². The Kier molecular flexibility index (Phi) is 3.39. The zero-order valence-electron chi connectivity index (χ0n) is 10.6. The van der Waals surface area contributed by atoms with Gasteiger partial charge in [-0.05, 0) is 23.8 Å². The van der Waals surface area contributed by atoms with Crippen molar-refractivity contribution in [1.82, 2.24) is 10.2 Å². The Morgan fingerprint density at radius 1 is 1.25 bits per heavy atom. The van der Waals surface area contributed by atoms with Crippen molar-refractivity contribution in [2.75, 3.05) is 5.32 Å². The van der Waals surface area contributed by atoms with Gasteiger partial charge in [0.25, 0.3) is 0 Å². The van der Waals surface area contributed by atoms with Crippen molar-refractivity contribution in [2.45, 2.75) is 6.42 Å². The lowest BCUT2D eigenvalue weighted by atomic mass is 10.1. The van der Waals surface area contributed by atoms with Crippen LogP contribution in [0.5, 0.6) is 0 Å². The third-order valence-corrected chi connectivity index (χ3v) is 3.24. The lowest BCUT2D eigenvalue weighted by molar-refractivity contribution is -0.115. The maximum absolute atomic E-state index is 12.1. The lowest BCUT2D eigenvalue weighted by Crippen LogP contribution is -2.14. The number of carbonyl (C=O) groups excluding carboxylic acids is 1. The fourth-order valence-corrected chi connectivity index (χ4v) is 2.31. The van der Waals surface area contributed by atoms with Crippen LogP contribution in [0, 0.1) is 0 Å². The summed E-state index contributed by atoms with van der Waals surface area (Å²) in [6.07, 6.45) is 2.01. The highest BCUT2D eigenvalue weighted by Gasteiger charge is 2.08. The van der Waals surface area contributed by atoms with Gasteiger partial charge in [-0.25, -0.2) is 0 Å². The molecule has 20 heavy (non-hydrogen) atoms. The number of hydrogen-bond acceptors (Lipinski definition) is 2. The minimum absolute atomic E-state index is 0.0885. The van der Waals surface area contributed by atoms with Crippen LogP contribution < -0.4 is 5.32 Å². The summed E-state index contributed by atoms with van der Waals surface area (Å²) in [5, 5.41) is 11.3. The first kappa shape index (κ1) is 12.7. The molecule has 1 heterocycles. The molecule has 3 rings (SSSR count). The molecule has 2 aromatic carbocycles. The molecular formula is C15H12ClN3O. The summed E-state index contributed by atoms with van der Waals surface area (Å²) in [6.45, 7) is 0. The van der Waals surface area contributed by atoms with E-state index in [0.29, 0.717) is 5.02 Å². The first-order valence-electron chi connectivity index (χ1n) is 6.19. The highest BCUT2D eigenvalue weighted by Crippen LogP contribution is 2.20. The van der Waals surface area contributed by atoms with Crippen LogP contribution >= 0.6 is 11.6 Å². The van der Waals surface area contributed by atoms with Crippen LogP contribution in [0.15, 0.2) is 48.7 Å². The summed E-state index contributed by atoms with van der Waals surface area (Å²) in [6, 6.07) is 12.9. The van der Waals surface area contributed by atoms with E-state index < -0.39 is 0 Å². The molecule has 0 aliphatic carbocycles. The van der Waals surface area contributed by atoms with Crippen molar-refractivity contribution in [3.8, 4) is 0 Å². The molecule has 5 heteroatoms. The molecule has 3 aromatic rings. The average Bonchev–Trinajstić information content (AvgIpc) is 2.88. The summed E-state index contributed by atoms with van der Waals surface area (Å²) < 4.78 is 0. The van der Waals surface area contributed by atoms with E-state index in [9.17, 15) is 4.79 Å². The molecule has 0 atom stereocenters. The van der Waals surface area contributed by atoms with Crippen LogP contribution in [-0.4, -0.2) is 16.1 Å². The molecule has 0 saturated carbocycles. The van der Waals surface area contributed by atoms with Crippen molar-refractivity contribution in [1.29, 1.82) is 0 Å². The number of benzene rings is 2. The third kappa shape index (κ3) is 2.65. The number of H-pyrrole nitrogens is 1. The zero-order chi connectivity index (χ0) is 13.9. The predicted molar refractivity (Wildman–Crippen MR) is 79.9 cm³/mol. The lowest BCUT2D eigenvalue weighted by Gasteiger charge is -2.06. The van der Waals surface area contributed by atoms with Gasteiger partial charge < -0.3 is 5.32 Å². The molecule has 0 aliphatic heterocycles. The van der Waals surface area contributed by atoms with Crippen molar-refractivity contribution in [3.05, 3.63) is 59.2 Å². The third-order valence-electron chi connectivity index (χ3n) is 3.00. The second-order valence-corrected chi connectivity index (χ2v) is 4.93. The predicted octanol–water partition coefficient (Wildman–Crippen LogP) is 3.40. The van der Waals surface area contributed by atoms with Crippen molar-refractivity contribution in [3.63, 3.8) is 0 Å². The highest BCUT2D eigenvalue weighted by molar-refractivity contribution is 6.30. The number of anilines is 1. The quantitative estimate of drug-likeness (QED) is 0.775. The molecular weight excluding hydrogens is 274 g/mol. The minimum Gasteiger partial charge on any atom is -0.324 e. The summed E-state index contributed by atoms with van der Waals surface area (Å²) in [5.41, 5.74) is 2.44. The van der Waals surface area contributed by atoms with Crippen LogP contribution in [0.4, 0.5) is 5.69 Å². The van der Waals surface area contributed by atoms with Gasteiger partial charge in [0, 0.05) is 10.4 Å². The Hall–Kier alpha value is -2.33. The van der Waals surface area contributed by atoms with Crippen molar-refractivity contribution < 1.29 is 4.79 Å². The van der Waals surface area contributed by atoms with Gasteiger partial charge in [-0.2, -0.15) is 5.10 Å². The van der Waals surface area contributed by atoms with E-state index in [1.807, 2.05) is 30.3 Å². The second-order valence-electron chi connectivity index (χ2n) is 4.49. The molecule has 1 amide bonds. The first-order chi connectivity index (χ1) is 9.72. The molecule has 0 aliphatic rings. The van der Waals surface area contributed by atoms with Gasteiger partial charge in [-0.1, -0.05) is 35.9 Å². The zero-order valence-corrected chi connectivity index (χ0v) is 11.3. The number of fused-ring (bicyclic) bond motifs is 1. The first-order valence-corrected chi connectivity index (χ1v) is 6.56. The average molecular weight is 286 g/mol. The SMILES string of the molecule is O=C(Cc1cccc(Cl)c1)Nc1cccc2cn[nH]c12. The molecule has 0 unspecified atom stereocenters. The molecule has 0 fully saturated rings. The van der Waals surface area contributed by atoms with Gasteiger partial charge in [0.2, 0.25) is 5.91 Å². The minimum atomic E-state index is -0.0885. The number of nitrogens with one attached hydrogen (secondary N) is 2. The van der Waals surface area contributed by atoms with Crippen molar-refractivity contribution in [2.24, 2.45) is 0 Å². The van der Waals surface area contributed by atoms with Gasteiger partial charge in [-0.15, -0.1) is 0 Å². The smallest absolute Gasteiger partial charge is 0.228 e. The van der Waals surface area contributed by atoms with Gasteiger partial charge in [-0.3, -0.25) is 9.89 Å². The van der Waals surface area contributed by atoms with E-state index in [0.717, 1.165) is 22.2 Å². The standard InChI is InChI=1S/C15H12ClN3O/c16-12-5-1-3-10(7-12)8-14(20)18-13-6-2-4-11-9-17-19-15(11)13/h1-7,9H,8H2,(H,17,19)(H,18,20). The van der Waals surface area contributed by atoms with Gasteiger partial charge in [0.1, 0.15) is 0 Å². The van der Waals surface area contributed by atoms with Gasteiger partial charge in [0.05, 0.1) is 23.8 Å². The number of para-hydroxylation sites is 1. The number of aromatic amines is 1. The highest BCUT2D eigenvalue weighted by atomic mass is 35.5. The van der Waals surface area contributed by atoms with E-state index in [4.69, 9.17) is 11.6 Å². The number of aromatic nitrogens is 2. The molecule has 0 radical (unpaired) electrons. The molecule has 2 N–H and O–H groups in total. The van der Waals surface area contributed by atoms with E-state index in [2.05, 4.69) is 15.5 Å². The summed E-state index contributed by atoms with van der Waals surface area (Å²) >= 11 is 5.91. The fourth-order valence-electron chi connectivity index (χ4n) is 2.10. The number of halogens is 1. The maximum atomic E-state index is 12.1. The van der Waals surface area contributed by atoms with Crippen LogP contribution in [-0.2, 0) is 11.2 Å². The van der Waals surface area contributed by atoms with Crippen molar-refractivity contribution >= 4 is 34.1 Å². The molecule has 0 bridgehead atoms. The normalized spacial score (nSPS) is 10.7. The van der Waals surface area contributed by atoms with Crippen LogP contribution in [0.25, 0.3) is 10.9 Å². The number of hydrogen-bond donors (Lipinski definition) is 2. The summed E-state index contributed by atoms with van der Waals surface area (Å²) in [7, 11) is 0. The molecule has 1 aromatic heterocycles. The van der Waals surface area contributed by atoms with Gasteiger partial charge in [0.15, 0.2) is 0 Å². The van der Waals surface area contributed by atoms with Crippen LogP contribution in [0.1, 0.15) is 5.56 Å².